The zero-order chi connectivity index (χ0) is 13.5. The molecule has 0 unspecified atom stereocenters. The van der Waals surface area contributed by atoms with Crippen LogP contribution in [0.25, 0.3) is 0 Å². The summed E-state index contributed by atoms with van der Waals surface area (Å²) in [6, 6.07) is 10.4. The van der Waals surface area contributed by atoms with Crippen LogP contribution in [0.4, 0.5) is 0 Å². The van der Waals surface area contributed by atoms with Gasteiger partial charge in [0.2, 0.25) is 0 Å². The second kappa shape index (κ2) is 7.49. The van der Waals surface area contributed by atoms with E-state index in [9.17, 15) is 0 Å². The van der Waals surface area contributed by atoms with Gasteiger partial charge in [0.1, 0.15) is 0 Å². The van der Waals surface area contributed by atoms with Gasteiger partial charge in [0.05, 0.1) is 12.2 Å². The van der Waals surface area contributed by atoms with Crippen LogP contribution < -0.4 is 5.32 Å². The highest BCUT2D eigenvalue weighted by Gasteiger charge is 2.28. The van der Waals surface area contributed by atoms with Crippen LogP contribution >= 0.6 is 11.6 Å². The van der Waals surface area contributed by atoms with Crippen molar-refractivity contribution >= 4 is 11.6 Å². The van der Waals surface area contributed by atoms with Gasteiger partial charge >= 0.3 is 0 Å². The van der Waals surface area contributed by atoms with E-state index in [2.05, 4.69) is 11.4 Å². The molecule has 1 N–H and O–H groups in total. The average molecular weight is 279 g/mol. The summed E-state index contributed by atoms with van der Waals surface area (Å²) in [6.07, 6.45) is 3.79. The number of nitrogens with zero attached hydrogens (tertiary/aromatic N) is 1. The minimum atomic E-state index is 0.119. The van der Waals surface area contributed by atoms with Crippen LogP contribution in [0.2, 0.25) is 5.02 Å². The minimum absolute atomic E-state index is 0.119. The Kier molecular flexibility index (Phi) is 5.65. The summed E-state index contributed by atoms with van der Waals surface area (Å²) < 4.78 is 5.81. The number of halogens is 1. The van der Waals surface area contributed by atoms with Crippen molar-refractivity contribution in [1.82, 2.24) is 5.32 Å². The number of hydrogen-bond donors (Lipinski definition) is 1. The van der Waals surface area contributed by atoms with E-state index < -0.39 is 0 Å². The Balaban J connectivity index is 1.83. The fourth-order valence-corrected chi connectivity index (χ4v) is 2.52. The fourth-order valence-electron chi connectivity index (χ4n) is 2.40. The molecule has 0 amide bonds. The standard InChI is InChI=1S/C15H19ClN2O/c16-13-6-4-12(5-7-13)15-14(8-11-19-15)18-10-3-1-2-9-17/h4-7,14-15,18H,1-3,8,10-11H2/t14-,15-/m0/s1. The van der Waals surface area contributed by atoms with Gasteiger partial charge in [0, 0.05) is 24.1 Å². The quantitative estimate of drug-likeness (QED) is 0.811. The molecule has 1 aliphatic rings. The molecule has 0 radical (unpaired) electrons. The first-order chi connectivity index (χ1) is 9.31. The predicted molar refractivity (Wildman–Crippen MR) is 76.0 cm³/mol. The number of ether oxygens (including phenoxy) is 1. The molecule has 0 aromatic heterocycles. The lowest BCUT2D eigenvalue weighted by Gasteiger charge is -2.20. The van der Waals surface area contributed by atoms with E-state index in [4.69, 9.17) is 21.6 Å². The van der Waals surface area contributed by atoms with Gasteiger partial charge in [-0.05, 0) is 43.5 Å². The molecule has 0 saturated carbocycles. The molecule has 1 heterocycles. The van der Waals surface area contributed by atoms with Gasteiger partial charge in [-0.1, -0.05) is 23.7 Å². The average Bonchev–Trinajstić information content (AvgIpc) is 2.88. The lowest BCUT2D eigenvalue weighted by molar-refractivity contribution is 0.0987. The van der Waals surface area contributed by atoms with E-state index in [-0.39, 0.29) is 6.10 Å². The van der Waals surface area contributed by atoms with Crippen LogP contribution in [0.1, 0.15) is 37.4 Å². The molecule has 102 valence electrons. The highest BCUT2D eigenvalue weighted by molar-refractivity contribution is 6.30. The van der Waals surface area contributed by atoms with Crippen molar-refractivity contribution in [1.29, 1.82) is 5.26 Å². The summed E-state index contributed by atoms with van der Waals surface area (Å²) in [5, 5.41) is 12.8. The van der Waals surface area contributed by atoms with E-state index in [0.29, 0.717) is 12.5 Å². The topological polar surface area (TPSA) is 45.0 Å². The first-order valence-electron chi connectivity index (χ1n) is 6.78. The Morgan fingerprint density at radius 3 is 2.84 bits per heavy atom. The Morgan fingerprint density at radius 2 is 2.11 bits per heavy atom. The van der Waals surface area contributed by atoms with Crippen LogP contribution in [0.3, 0.4) is 0 Å². The van der Waals surface area contributed by atoms with Crippen LogP contribution in [0.15, 0.2) is 24.3 Å². The third-order valence-electron chi connectivity index (χ3n) is 3.41. The number of benzene rings is 1. The predicted octanol–water partition coefficient (Wildman–Crippen LogP) is 3.45. The van der Waals surface area contributed by atoms with Crippen LogP contribution in [-0.4, -0.2) is 19.2 Å². The number of rotatable bonds is 6. The second-order valence-corrected chi connectivity index (χ2v) is 5.24. The Bertz CT molecular complexity index is 427. The van der Waals surface area contributed by atoms with E-state index in [1.807, 2.05) is 24.3 Å². The van der Waals surface area contributed by atoms with Gasteiger partial charge in [-0.25, -0.2) is 0 Å². The largest absolute Gasteiger partial charge is 0.372 e. The Morgan fingerprint density at radius 1 is 1.32 bits per heavy atom. The number of nitrogens with one attached hydrogen (secondary N) is 1. The molecule has 1 saturated heterocycles. The molecule has 0 spiro atoms. The van der Waals surface area contributed by atoms with Gasteiger partial charge in [-0.3, -0.25) is 0 Å². The zero-order valence-electron chi connectivity index (χ0n) is 10.9. The Hall–Kier alpha value is -1.08. The molecule has 1 aromatic rings. The first kappa shape index (κ1) is 14.3. The summed E-state index contributed by atoms with van der Waals surface area (Å²) in [5.41, 5.74) is 1.18. The third-order valence-corrected chi connectivity index (χ3v) is 3.66. The third kappa shape index (κ3) is 4.21. The molecule has 4 heteroatoms. The molecule has 1 aromatic carbocycles. The Labute approximate surface area is 119 Å². The molecule has 19 heavy (non-hydrogen) atoms. The summed E-state index contributed by atoms with van der Waals surface area (Å²) in [4.78, 5) is 0. The maximum atomic E-state index is 8.49. The lowest BCUT2D eigenvalue weighted by atomic mass is 10.0. The van der Waals surface area contributed by atoms with Crippen molar-refractivity contribution in [2.75, 3.05) is 13.2 Å². The number of nitriles is 1. The van der Waals surface area contributed by atoms with Gasteiger partial charge in [-0.2, -0.15) is 5.26 Å². The SMILES string of the molecule is N#CCCCCN[C@H]1CCO[C@H]1c1ccc(Cl)cc1. The van der Waals surface area contributed by atoms with Crippen molar-refractivity contribution in [3.05, 3.63) is 34.9 Å². The molecule has 1 fully saturated rings. The molecular formula is C15H19ClN2O. The first-order valence-corrected chi connectivity index (χ1v) is 7.16. The number of unbranched alkanes of at least 4 members (excludes halogenated alkanes) is 2. The second-order valence-electron chi connectivity index (χ2n) is 4.81. The van der Waals surface area contributed by atoms with Crippen molar-refractivity contribution in [2.45, 2.75) is 37.8 Å². The molecule has 3 nitrogen and oxygen atoms in total. The van der Waals surface area contributed by atoms with E-state index in [1.165, 1.54) is 5.56 Å². The van der Waals surface area contributed by atoms with E-state index in [0.717, 1.165) is 37.4 Å². The maximum Gasteiger partial charge on any atom is 0.0978 e. The molecule has 0 aliphatic carbocycles. The summed E-state index contributed by atoms with van der Waals surface area (Å²) in [6.45, 7) is 1.74. The number of hydrogen-bond acceptors (Lipinski definition) is 3. The van der Waals surface area contributed by atoms with Crippen LogP contribution in [-0.2, 0) is 4.74 Å². The molecule has 2 atom stereocenters. The minimum Gasteiger partial charge on any atom is -0.372 e. The van der Waals surface area contributed by atoms with Gasteiger partial charge in [0.15, 0.2) is 0 Å². The fraction of sp³-hybridized carbons (Fsp3) is 0.533. The van der Waals surface area contributed by atoms with Crippen molar-refractivity contribution < 1.29 is 4.74 Å². The summed E-state index contributed by atoms with van der Waals surface area (Å²) in [7, 11) is 0. The zero-order valence-corrected chi connectivity index (χ0v) is 11.7. The van der Waals surface area contributed by atoms with Crippen molar-refractivity contribution in [3.63, 3.8) is 0 Å². The normalized spacial score (nSPS) is 22.3. The monoisotopic (exact) mass is 278 g/mol. The smallest absolute Gasteiger partial charge is 0.0978 e. The summed E-state index contributed by atoms with van der Waals surface area (Å²) in [5.74, 6) is 0. The van der Waals surface area contributed by atoms with Crippen molar-refractivity contribution in [3.8, 4) is 6.07 Å². The van der Waals surface area contributed by atoms with Gasteiger partial charge < -0.3 is 10.1 Å². The summed E-state index contributed by atoms with van der Waals surface area (Å²) >= 11 is 5.90. The van der Waals surface area contributed by atoms with E-state index in [1.54, 1.807) is 0 Å². The van der Waals surface area contributed by atoms with Crippen LogP contribution in [0.5, 0.6) is 0 Å². The lowest BCUT2D eigenvalue weighted by Crippen LogP contribution is -2.32. The molecule has 2 rings (SSSR count). The maximum absolute atomic E-state index is 8.49. The molecule has 1 aliphatic heterocycles. The van der Waals surface area contributed by atoms with Gasteiger partial charge in [-0.15, -0.1) is 0 Å². The van der Waals surface area contributed by atoms with E-state index >= 15 is 0 Å². The van der Waals surface area contributed by atoms with Gasteiger partial charge in [0.25, 0.3) is 0 Å². The molecular weight excluding hydrogens is 260 g/mol. The van der Waals surface area contributed by atoms with Crippen molar-refractivity contribution in [2.24, 2.45) is 0 Å². The highest BCUT2D eigenvalue weighted by Crippen LogP contribution is 2.29. The highest BCUT2D eigenvalue weighted by atomic mass is 35.5. The molecule has 0 bridgehead atoms. The van der Waals surface area contributed by atoms with Crippen LogP contribution in [0, 0.1) is 11.3 Å².